The third-order valence-electron chi connectivity index (χ3n) is 10.4. The molecule has 3 atom stereocenters. The van der Waals surface area contributed by atoms with E-state index in [1.807, 2.05) is 13.8 Å². The van der Waals surface area contributed by atoms with Crippen LogP contribution in [0.3, 0.4) is 0 Å². The van der Waals surface area contributed by atoms with E-state index >= 15 is 0 Å². The van der Waals surface area contributed by atoms with E-state index in [4.69, 9.17) is 28.1 Å². The Balaban J connectivity index is 0.000000461. The van der Waals surface area contributed by atoms with Crippen LogP contribution < -0.4 is 5.32 Å². The molecule has 3 unspecified atom stereocenters. The van der Waals surface area contributed by atoms with Gasteiger partial charge in [-0.2, -0.15) is 0 Å². The smallest absolute Gasteiger partial charge is 0.457 e. The van der Waals surface area contributed by atoms with E-state index in [0.29, 0.717) is 31.6 Å². The Hall–Kier alpha value is -1.65. The van der Waals surface area contributed by atoms with Gasteiger partial charge < -0.3 is 33.4 Å². The molecule has 4 aliphatic rings. The SMILES string of the molecule is C.C.CCOC(=O)C1=C(CCCB2OC(C)(C)C(C)(C)O2)C=C(C)C1.CCOC(=O)C1NC(C)CC1CCCB1OC(C)(C)C(C)(C)O1. The lowest BCUT2D eigenvalue weighted by Crippen LogP contribution is -2.41. The fourth-order valence-electron chi connectivity index (χ4n) is 6.52. The Labute approximate surface area is 294 Å². The Bertz CT molecular complexity index is 1100. The van der Waals surface area contributed by atoms with Crippen LogP contribution in [-0.2, 0) is 37.7 Å². The van der Waals surface area contributed by atoms with Crippen molar-refractivity contribution < 1.29 is 37.7 Å². The number of esters is 2. The zero-order chi connectivity index (χ0) is 34.5. The Kier molecular flexibility index (Phi) is 16.7. The van der Waals surface area contributed by atoms with Gasteiger partial charge in [0.2, 0.25) is 0 Å². The van der Waals surface area contributed by atoms with Gasteiger partial charge in [-0.25, -0.2) is 4.79 Å². The predicted molar refractivity (Wildman–Crippen MR) is 197 cm³/mol. The molecule has 9 nitrogen and oxygen atoms in total. The maximum absolute atomic E-state index is 12.1. The molecule has 0 radical (unpaired) electrons. The summed E-state index contributed by atoms with van der Waals surface area (Å²) in [5, 5.41) is 3.36. The molecule has 0 spiro atoms. The summed E-state index contributed by atoms with van der Waals surface area (Å²) in [6.07, 6.45) is 9.33. The van der Waals surface area contributed by atoms with Gasteiger partial charge in [0.1, 0.15) is 6.04 Å². The highest BCUT2D eigenvalue weighted by molar-refractivity contribution is 6.45. The van der Waals surface area contributed by atoms with Crippen LogP contribution >= 0.6 is 0 Å². The van der Waals surface area contributed by atoms with E-state index in [0.717, 1.165) is 55.9 Å². The van der Waals surface area contributed by atoms with Crippen LogP contribution in [0.25, 0.3) is 0 Å². The fraction of sp³-hybridized carbons (Fsp3) is 0.838. The van der Waals surface area contributed by atoms with E-state index in [9.17, 15) is 9.59 Å². The lowest BCUT2D eigenvalue weighted by atomic mass is 9.80. The van der Waals surface area contributed by atoms with Crippen molar-refractivity contribution in [2.45, 2.75) is 184 Å². The van der Waals surface area contributed by atoms with E-state index in [2.05, 4.69) is 80.6 Å². The first-order valence-electron chi connectivity index (χ1n) is 17.5. The number of hydrogen-bond donors (Lipinski definition) is 1. The minimum absolute atomic E-state index is 0. The maximum atomic E-state index is 12.1. The van der Waals surface area contributed by atoms with E-state index in [1.54, 1.807) is 0 Å². The minimum atomic E-state index is -0.281. The van der Waals surface area contributed by atoms with Gasteiger partial charge in [0, 0.05) is 18.0 Å². The molecule has 3 heterocycles. The van der Waals surface area contributed by atoms with Crippen molar-refractivity contribution in [3.8, 4) is 0 Å². The first-order valence-corrected chi connectivity index (χ1v) is 17.5. The summed E-state index contributed by atoms with van der Waals surface area (Å²) in [6.45, 7) is 25.3. The minimum Gasteiger partial charge on any atom is -0.465 e. The van der Waals surface area contributed by atoms with Crippen LogP contribution in [0.15, 0.2) is 22.8 Å². The standard InChI is InChI=1S/C18H29BO4.C17H32BNO4.2CH4/c1-7-21-16(20)15-12-13(2)11-14(15)9-8-10-19-22-17(3,4)18(5,6)23-19;1-7-21-15(20)14-13(11-12(2)19-14)9-8-10-18-22-16(3,4)17(5,6)23-18;;/h11H,7-10,12H2,1-6H3;12-14,19H,7-11H2,1-6H3;2*1H4. The number of nitrogens with one attached hydrogen (secondary N) is 1. The van der Waals surface area contributed by atoms with E-state index < -0.39 is 0 Å². The Morgan fingerprint density at radius 2 is 1.31 bits per heavy atom. The second kappa shape index (κ2) is 18.0. The molecule has 48 heavy (non-hydrogen) atoms. The number of allylic oxidation sites excluding steroid dienone is 3. The van der Waals surface area contributed by atoms with Gasteiger partial charge >= 0.3 is 26.2 Å². The molecule has 3 saturated heterocycles. The number of carbonyl (C=O) groups excluding carboxylic acids is 2. The molecule has 3 aliphatic heterocycles. The first-order chi connectivity index (χ1) is 21.3. The maximum Gasteiger partial charge on any atom is 0.457 e. The Morgan fingerprint density at radius 1 is 0.833 bits per heavy atom. The van der Waals surface area contributed by atoms with Crippen LogP contribution in [0.4, 0.5) is 0 Å². The van der Waals surface area contributed by atoms with Gasteiger partial charge in [-0.1, -0.05) is 39.3 Å². The van der Waals surface area contributed by atoms with Gasteiger partial charge in [-0.05, 0) is 126 Å². The summed E-state index contributed by atoms with van der Waals surface area (Å²) < 4.78 is 34.4. The van der Waals surface area contributed by atoms with Crippen molar-refractivity contribution in [3.05, 3.63) is 22.8 Å². The highest BCUT2D eigenvalue weighted by atomic mass is 16.7. The van der Waals surface area contributed by atoms with Crippen molar-refractivity contribution in [1.29, 1.82) is 0 Å². The van der Waals surface area contributed by atoms with Crippen molar-refractivity contribution in [2.24, 2.45) is 5.92 Å². The van der Waals surface area contributed by atoms with Gasteiger partial charge in [0.25, 0.3) is 0 Å². The average molecular weight is 678 g/mol. The van der Waals surface area contributed by atoms with Crippen LogP contribution in [0.2, 0.25) is 12.6 Å². The van der Waals surface area contributed by atoms with E-state index in [-0.39, 0.29) is 69.5 Å². The summed E-state index contributed by atoms with van der Waals surface area (Å²) in [4.78, 5) is 24.1. The monoisotopic (exact) mass is 678 g/mol. The highest BCUT2D eigenvalue weighted by Crippen LogP contribution is 2.40. The first kappa shape index (κ1) is 44.4. The van der Waals surface area contributed by atoms with Crippen molar-refractivity contribution in [1.82, 2.24) is 5.32 Å². The van der Waals surface area contributed by atoms with Crippen molar-refractivity contribution in [2.75, 3.05) is 13.2 Å². The molecule has 0 amide bonds. The van der Waals surface area contributed by atoms with Crippen LogP contribution in [-0.4, -0.2) is 73.9 Å². The largest absolute Gasteiger partial charge is 0.465 e. The number of hydrogen-bond acceptors (Lipinski definition) is 9. The molecular weight excluding hydrogens is 608 g/mol. The van der Waals surface area contributed by atoms with Gasteiger partial charge in [0.05, 0.1) is 35.6 Å². The molecule has 0 bridgehead atoms. The van der Waals surface area contributed by atoms with Crippen LogP contribution in [0.1, 0.15) is 136 Å². The number of rotatable bonds is 12. The fourth-order valence-corrected chi connectivity index (χ4v) is 6.52. The molecule has 0 aromatic heterocycles. The number of ether oxygens (including phenoxy) is 2. The topological polar surface area (TPSA) is 102 Å². The summed E-state index contributed by atoms with van der Waals surface area (Å²) in [5.74, 6) is 0.0511. The number of carbonyl (C=O) groups is 2. The average Bonchev–Trinajstić information content (AvgIpc) is 3.60. The lowest BCUT2D eigenvalue weighted by molar-refractivity contribution is -0.146. The van der Waals surface area contributed by atoms with Crippen LogP contribution in [0, 0.1) is 5.92 Å². The zero-order valence-corrected chi connectivity index (χ0v) is 30.8. The molecule has 0 aromatic carbocycles. The molecule has 4 rings (SSSR count). The molecule has 3 fully saturated rings. The van der Waals surface area contributed by atoms with Gasteiger partial charge in [-0.15, -0.1) is 0 Å². The van der Waals surface area contributed by atoms with Crippen LogP contribution in [0.5, 0.6) is 0 Å². The highest BCUT2D eigenvalue weighted by Gasteiger charge is 2.51. The molecular formula is C37H69B2NO8. The lowest BCUT2D eigenvalue weighted by Gasteiger charge is -2.32. The summed E-state index contributed by atoms with van der Waals surface area (Å²) in [6, 6.07) is 0.203. The molecule has 0 saturated carbocycles. The predicted octanol–water partition coefficient (Wildman–Crippen LogP) is 8.13. The summed E-state index contributed by atoms with van der Waals surface area (Å²) in [5.41, 5.74) is 2.05. The summed E-state index contributed by atoms with van der Waals surface area (Å²) >= 11 is 0. The van der Waals surface area contributed by atoms with E-state index in [1.165, 1.54) is 5.57 Å². The molecule has 1 N–H and O–H groups in total. The molecule has 276 valence electrons. The van der Waals surface area contributed by atoms with Crippen molar-refractivity contribution in [3.63, 3.8) is 0 Å². The molecule has 1 aliphatic carbocycles. The quantitative estimate of drug-likeness (QED) is 0.162. The second-order valence-corrected chi connectivity index (χ2v) is 15.4. The van der Waals surface area contributed by atoms with Gasteiger partial charge in [-0.3, -0.25) is 4.79 Å². The normalized spacial score (nSPS) is 26.2. The molecule has 0 aromatic rings. The molecule has 11 heteroatoms. The summed E-state index contributed by atoms with van der Waals surface area (Å²) in [7, 11) is -0.314. The third kappa shape index (κ3) is 11.2. The third-order valence-corrected chi connectivity index (χ3v) is 10.4. The van der Waals surface area contributed by atoms with Crippen molar-refractivity contribution >= 4 is 26.2 Å². The second-order valence-electron chi connectivity index (χ2n) is 15.4. The zero-order valence-electron chi connectivity index (χ0n) is 30.8. The Morgan fingerprint density at radius 3 is 1.79 bits per heavy atom. The van der Waals surface area contributed by atoms with Gasteiger partial charge in [0.15, 0.2) is 0 Å².